The zero-order valence-corrected chi connectivity index (χ0v) is 31.8. The lowest BCUT2D eigenvalue weighted by atomic mass is 9.91. The Hall–Kier alpha value is -5.52. The molecule has 0 bridgehead atoms. The van der Waals surface area contributed by atoms with Crippen molar-refractivity contribution in [1.82, 2.24) is 0 Å². The second-order valence-electron chi connectivity index (χ2n) is 15.3. The molecule has 0 aliphatic rings. The Morgan fingerprint density at radius 3 is 1.19 bits per heavy atom. The molecule has 0 unspecified atom stereocenters. The van der Waals surface area contributed by atoms with Crippen LogP contribution in [0.3, 0.4) is 0 Å². The fourth-order valence-corrected chi connectivity index (χ4v) is 8.65. The van der Waals surface area contributed by atoms with E-state index in [1.807, 2.05) is 72.2 Å². The summed E-state index contributed by atoms with van der Waals surface area (Å²) in [5, 5.41) is 7.94. The second kappa shape index (κ2) is 12.6. The quantitative estimate of drug-likeness (QED) is 0.121. The number of nitrogens with zero attached hydrogens (tertiary/aromatic N) is 2. The Labute approximate surface area is 305 Å². The molecule has 8 aromatic carbocycles. The van der Waals surface area contributed by atoms with E-state index in [1.165, 1.54) is 16.0 Å². The molecular formula is C47H42F2N2Si. The van der Waals surface area contributed by atoms with Gasteiger partial charge in [0.2, 0.25) is 0 Å². The van der Waals surface area contributed by atoms with Crippen molar-refractivity contribution in [3.8, 4) is 0 Å². The second-order valence-corrected chi connectivity index (χ2v) is 20.4. The summed E-state index contributed by atoms with van der Waals surface area (Å²) in [6.07, 6.45) is 0. The van der Waals surface area contributed by atoms with E-state index in [-0.39, 0.29) is 11.6 Å². The molecule has 8 aromatic rings. The molecule has 0 aliphatic heterocycles. The Morgan fingerprint density at radius 2 is 0.808 bits per heavy atom. The molecule has 5 heteroatoms. The summed E-state index contributed by atoms with van der Waals surface area (Å²) in [7, 11) is -1.64. The van der Waals surface area contributed by atoms with E-state index in [4.69, 9.17) is 0 Å². The van der Waals surface area contributed by atoms with Crippen LogP contribution in [0.4, 0.5) is 42.9 Å². The molecule has 0 atom stereocenters. The molecule has 0 radical (unpaired) electrons. The number of rotatable bonds is 7. The van der Waals surface area contributed by atoms with E-state index in [0.29, 0.717) is 11.4 Å². The lowest BCUT2D eigenvalue weighted by Crippen LogP contribution is -2.37. The summed E-state index contributed by atoms with van der Waals surface area (Å²) in [5.74, 6) is -0.625. The highest BCUT2D eigenvalue weighted by Gasteiger charge is 2.27. The first-order valence-electron chi connectivity index (χ1n) is 17.9. The SMILES string of the molecule is Cc1ccc(N(c2ccc(C)cc2F)c2cc(N(c3ccc(C)cc3)c3ccc(C)cc3F)c3ccc4cc([Si](C)(C)C)cc5ccc2c3c54)cc1. The van der Waals surface area contributed by atoms with Crippen LogP contribution in [0.15, 0.2) is 127 Å². The van der Waals surface area contributed by atoms with Crippen molar-refractivity contribution in [3.05, 3.63) is 161 Å². The standard InChI is InChI=1S/C47H42F2N2Si/c1-29-8-16-35(17-9-29)50(42-22-12-31(3)24-40(42)48)44-28-45(51(36-18-10-30(2)11-19-36)43-23-13-32(4)25-41(43)49)39-21-15-34-27-37(52(5,6)7)26-33-14-20-38(44)47(39)46(33)34/h8-28H,1-7H3. The van der Waals surface area contributed by atoms with Gasteiger partial charge in [0.15, 0.2) is 0 Å². The third kappa shape index (κ3) is 5.79. The molecule has 0 heterocycles. The molecule has 0 aromatic heterocycles. The maximum absolute atomic E-state index is 16.3. The van der Waals surface area contributed by atoms with Gasteiger partial charge in [0, 0.05) is 27.5 Å². The number of hydrogen-bond donors (Lipinski definition) is 0. The zero-order chi connectivity index (χ0) is 36.5. The normalized spacial score (nSPS) is 11.9. The van der Waals surface area contributed by atoms with Crippen LogP contribution in [0.25, 0.3) is 32.3 Å². The van der Waals surface area contributed by atoms with Gasteiger partial charge in [-0.05, 0) is 110 Å². The Bertz CT molecular complexity index is 2450. The minimum Gasteiger partial charge on any atom is -0.307 e. The summed E-state index contributed by atoms with van der Waals surface area (Å²) < 4.78 is 32.6. The Balaban J connectivity index is 1.55. The van der Waals surface area contributed by atoms with Crippen LogP contribution in [0.2, 0.25) is 19.6 Å². The molecule has 0 amide bonds. The summed E-state index contributed by atoms with van der Waals surface area (Å²) >= 11 is 0. The van der Waals surface area contributed by atoms with Crippen molar-refractivity contribution in [3.63, 3.8) is 0 Å². The molecular weight excluding hydrogens is 659 g/mol. The molecule has 0 saturated carbocycles. The zero-order valence-electron chi connectivity index (χ0n) is 30.8. The maximum atomic E-state index is 16.3. The largest absolute Gasteiger partial charge is 0.307 e. The highest BCUT2D eigenvalue weighted by molar-refractivity contribution is 6.89. The molecule has 258 valence electrons. The third-order valence-electron chi connectivity index (χ3n) is 10.3. The maximum Gasteiger partial charge on any atom is 0.147 e. The average molecular weight is 701 g/mol. The van der Waals surface area contributed by atoms with Crippen molar-refractivity contribution in [2.45, 2.75) is 47.3 Å². The van der Waals surface area contributed by atoms with Gasteiger partial charge < -0.3 is 9.80 Å². The number of anilines is 6. The minimum atomic E-state index is -1.64. The van der Waals surface area contributed by atoms with Crippen LogP contribution in [-0.4, -0.2) is 8.07 Å². The van der Waals surface area contributed by atoms with Gasteiger partial charge in [0.05, 0.1) is 30.8 Å². The van der Waals surface area contributed by atoms with Crippen LogP contribution in [0.1, 0.15) is 22.3 Å². The first-order chi connectivity index (χ1) is 24.9. The topological polar surface area (TPSA) is 6.48 Å². The Kier molecular flexibility index (Phi) is 8.15. The number of halogens is 2. The van der Waals surface area contributed by atoms with Crippen LogP contribution < -0.4 is 15.0 Å². The van der Waals surface area contributed by atoms with Gasteiger partial charge in [-0.15, -0.1) is 0 Å². The van der Waals surface area contributed by atoms with E-state index < -0.39 is 8.07 Å². The number of hydrogen-bond acceptors (Lipinski definition) is 2. The van der Waals surface area contributed by atoms with Crippen molar-refractivity contribution in [2.24, 2.45) is 0 Å². The van der Waals surface area contributed by atoms with E-state index in [9.17, 15) is 0 Å². The van der Waals surface area contributed by atoms with Crippen molar-refractivity contribution >= 4 is 79.7 Å². The van der Waals surface area contributed by atoms with Crippen molar-refractivity contribution < 1.29 is 8.78 Å². The van der Waals surface area contributed by atoms with E-state index >= 15 is 8.78 Å². The summed E-state index contributed by atoms with van der Waals surface area (Å²) in [6.45, 7) is 15.0. The first kappa shape index (κ1) is 33.6. The molecule has 0 saturated heterocycles. The molecule has 52 heavy (non-hydrogen) atoms. The van der Waals surface area contributed by atoms with Crippen LogP contribution in [0.5, 0.6) is 0 Å². The van der Waals surface area contributed by atoms with Crippen LogP contribution in [-0.2, 0) is 0 Å². The minimum absolute atomic E-state index is 0.312. The van der Waals surface area contributed by atoms with Gasteiger partial charge in [-0.2, -0.15) is 0 Å². The van der Waals surface area contributed by atoms with E-state index in [1.54, 1.807) is 12.1 Å². The predicted octanol–water partition coefficient (Wildman–Crippen LogP) is 13.6. The van der Waals surface area contributed by atoms with Gasteiger partial charge >= 0.3 is 0 Å². The van der Waals surface area contributed by atoms with Crippen molar-refractivity contribution in [2.75, 3.05) is 9.80 Å². The highest BCUT2D eigenvalue weighted by Crippen LogP contribution is 2.50. The molecule has 0 spiro atoms. The molecule has 8 rings (SSSR count). The van der Waals surface area contributed by atoms with Gasteiger partial charge in [0.1, 0.15) is 11.6 Å². The lowest BCUT2D eigenvalue weighted by Gasteiger charge is -2.33. The number of aryl methyl sites for hydroxylation is 4. The molecule has 2 nitrogen and oxygen atoms in total. The van der Waals surface area contributed by atoms with Gasteiger partial charge in [-0.25, -0.2) is 8.78 Å². The van der Waals surface area contributed by atoms with Crippen LogP contribution >= 0.6 is 0 Å². The molecule has 0 fully saturated rings. The van der Waals surface area contributed by atoms with Crippen molar-refractivity contribution in [1.29, 1.82) is 0 Å². The molecule has 0 aliphatic carbocycles. The van der Waals surface area contributed by atoms with Gasteiger partial charge in [0.25, 0.3) is 0 Å². The fourth-order valence-electron chi connectivity index (χ4n) is 7.47. The lowest BCUT2D eigenvalue weighted by molar-refractivity contribution is 0.627. The molecule has 0 N–H and O–H groups in total. The van der Waals surface area contributed by atoms with E-state index in [0.717, 1.165) is 66.5 Å². The summed E-state index contributed by atoms with van der Waals surface area (Å²) in [6, 6.07) is 42.9. The monoisotopic (exact) mass is 700 g/mol. The van der Waals surface area contributed by atoms with Gasteiger partial charge in [-0.1, -0.05) is 109 Å². The van der Waals surface area contributed by atoms with Gasteiger partial charge in [-0.3, -0.25) is 0 Å². The summed E-state index contributed by atoms with van der Waals surface area (Å²) in [5.41, 5.74) is 8.09. The predicted molar refractivity (Wildman–Crippen MR) is 221 cm³/mol. The summed E-state index contributed by atoms with van der Waals surface area (Å²) in [4.78, 5) is 4.05. The Morgan fingerprint density at radius 1 is 0.404 bits per heavy atom. The van der Waals surface area contributed by atoms with Crippen LogP contribution in [0, 0.1) is 39.3 Å². The first-order valence-corrected chi connectivity index (χ1v) is 21.4. The number of benzene rings is 8. The smallest absolute Gasteiger partial charge is 0.147 e. The third-order valence-corrected chi connectivity index (χ3v) is 12.3. The van der Waals surface area contributed by atoms with E-state index in [2.05, 4.69) is 100 Å². The average Bonchev–Trinajstić information content (AvgIpc) is 3.10. The fraction of sp³-hybridized carbons (Fsp3) is 0.149. The highest BCUT2D eigenvalue weighted by atomic mass is 28.3.